The Morgan fingerprint density at radius 2 is 1.86 bits per heavy atom. The van der Waals surface area contributed by atoms with Crippen molar-refractivity contribution in [1.29, 1.82) is 0 Å². The second kappa shape index (κ2) is 8.57. The van der Waals surface area contributed by atoms with Gasteiger partial charge in [0.25, 0.3) is 0 Å². The van der Waals surface area contributed by atoms with E-state index in [1.54, 1.807) is 6.07 Å². The largest absolute Gasteiger partial charge is 0.396 e. The van der Waals surface area contributed by atoms with Gasteiger partial charge in [-0.2, -0.15) is 0 Å². The van der Waals surface area contributed by atoms with Gasteiger partial charge in [-0.05, 0) is 53.5 Å². The van der Waals surface area contributed by atoms with Gasteiger partial charge in [-0.25, -0.2) is 0 Å². The van der Waals surface area contributed by atoms with Gasteiger partial charge >= 0.3 is 0 Å². The molecule has 3 aromatic rings. The van der Waals surface area contributed by atoms with E-state index in [0.717, 1.165) is 41.6 Å². The van der Waals surface area contributed by atoms with Crippen LogP contribution in [0.3, 0.4) is 0 Å². The molecular formula is C25H29NO2. The number of benzene rings is 2. The Labute approximate surface area is 166 Å². The highest BCUT2D eigenvalue weighted by Gasteiger charge is 2.14. The maximum absolute atomic E-state index is 12.8. The van der Waals surface area contributed by atoms with Gasteiger partial charge in [0.1, 0.15) is 0 Å². The molecule has 2 N–H and O–H groups in total. The van der Waals surface area contributed by atoms with E-state index >= 15 is 0 Å². The number of pyridine rings is 1. The van der Waals surface area contributed by atoms with E-state index in [0.29, 0.717) is 5.39 Å². The van der Waals surface area contributed by atoms with Crippen molar-refractivity contribution in [2.75, 3.05) is 6.61 Å². The monoisotopic (exact) mass is 375 g/mol. The third-order valence-electron chi connectivity index (χ3n) is 5.27. The van der Waals surface area contributed by atoms with Crippen molar-refractivity contribution in [3.05, 3.63) is 76.0 Å². The molecule has 0 saturated heterocycles. The molecule has 3 nitrogen and oxygen atoms in total. The van der Waals surface area contributed by atoms with Gasteiger partial charge < -0.3 is 10.1 Å². The quantitative estimate of drug-likeness (QED) is 0.567. The van der Waals surface area contributed by atoms with Gasteiger partial charge in [0.15, 0.2) is 5.43 Å². The van der Waals surface area contributed by atoms with E-state index in [1.807, 2.05) is 36.4 Å². The van der Waals surface area contributed by atoms with E-state index in [9.17, 15) is 9.90 Å². The third-order valence-corrected chi connectivity index (χ3v) is 5.27. The zero-order valence-electron chi connectivity index (χ0n) is 17.0. The fourth-order valence-electron chi connectivity index (χ4n) is 3.36. The van der Waals surface area contributed by atoms with Gasteiger partial charge in [-0.1, -0.05) is 63.3 Å². The summed E-state index contributed by atoms with van der Waals surface area (Å²) in [4.78, 5) is 16.2. The number of H-pyrrole nitrogens is 1. The fourth-order valence-corrected chi connectivity index (χ4v) is 3.36. The highest BCUT2D eigenvalue weighted by molar-refractivity contribution is 5.85. The highest BCUT2D eigenvalue weighted by Crippen LogP contribution is 2.24. The number of aromatic amines is 1. The molecule has 2 aromatic carbocycles. The Bertz CT molecular complexity index is 1030. The number of hydrogen-bond donors (Lipinski definition) is 2. The van der Waals surface area contributed by atoms with Crippen LogP contribution in [0.4, 0.5) is 0 Å². The number of rotatable bonds is 7. The van der Waals surface area contributed by atoms with E-state index in [4.69, 9.17) is 0 Å². The molecule has 0 aliphatic rings. The Kier molecular flexibility index (Phi) is 6.15. The number of fused-ring (bicyclic) bond motifs is 1. The summed E-state index contributed by atoms with van der Waals surface area (Å²) in [5.74, 6) is 0. The van der Waals surface area contributed by atoms with E-state index in [-0.39, 0.29) is 17.5 Å². The number of aryl methyl sites for hydroxylation is 1. The first-order valence-corrected chi connectivity index (χ1v) is 9.96. The number of nitrogens with one attached hydrogen (secondary N) is 1. The number of aromatic nitrogens is 1. The number of aliphatic hydroxyl groups is 1. The third kappa shape index (κ3) is 4.60. The summed E-state index contributed by atoms with van der Waals surface area (Å²) in [6, 6.07) is 15.7. The van der Waals surface area contributed by atoms with Crippen molar-refractivity contribution in [3.63, 3.8) is 0 Å². The summed E-state index contributed by atoms with van der Waals surface area (Å²) in [6.45, 7) is 6.46. The van der Waals surface area contributed by atoms with Gasteiger partial charge in [0.05, 0.1) is 5.52 Å². The molecule has 0 aliphatic carbocycles. The fraction of sp³-hybridized carbons (Fsp3) is 0.320. The maximum atomic E-state index is 12.8. The Morgan fingerprint density at radius 3 is 2.54 bits per heavy atom. The molecule has 1 heterocycles. The molecule has 0 bridgehead atoms. The van der Waals surface area contributed by atoms with E-state index in [1.165, 1.54) is 5.56 Å². The summed E-state index contributed by atoms with van der Waals surface area (Å²) in [6.07, 6.45) is 6.98. The molecule has 1 aromatic heterocycles. The highest BCUT2D eigenvalue weighted by atomic mass is 16.3. The maximum Gasteiger partial charge on any atom is 0.190 e. The molecule has 0 amide bonds. The molecule has 3 rings (SSSR count). The molecular weight excluding hydrogens is 346 g/mol. The lowest BCUT2D eigenvalue weighted by molar-refractivity contribution is 0.151. The van der Waals surface area contributed by atoms with Crippen molar-refractivity contribution in [2.45, 2.75) is 40.0 Å². The molecule has 0 spiro atoms. The van der Waals surface area contributed by atoms with Crippen LogP contribution in [-0.2, 0) is 6.42 Å². The van der Waals surface area contributed by atoms with Crippen LogP contribution in [0.5, 0.6) is 0 Å². The average Bonchev–Trinajstić information content (AvgIpc) is 2.71. The van der Waals surface area contributed by atoms with Crippen LogP contribution in [0.25, 0.3) is 28.2 Å². The van der Waals surface area contributed by atoms with Gasteiger partial charge in [-0.3, -0.25) is 4.79 Å². The van der Waals surface area contributed by atoms with E-state index in [2.05, 4.69) is 44.0 Å². The van der Waals surface area contributed by atoms with Crippen molar-refractivity contribution >= 4 is 17.0 Å². The molecule has 0 unspecified atom stereocenters. The summed E-state index contributed by atoms with van der Waals surface area (Å²) < 4.78 is 0. The summed E-state index contributed by atoms with van der Waals surface area (Å²) in [7, 11) is 0. The summed E-state index contributed by atoms with van der Waals surface area (Å²) in [5.41, 5.74) is 5.00. The molecule has 0 saturated carbocycles. The summed E-state index contributed by atoms with van der Waals surface area (Å²) >= 11 is 0. The number of aliphatic hydroxyl groups excluding tert-OH is 1. The van der Waals surface area contributed by atoms with Crippen LogP contribution >= 0.6 is 0 Å². The predicted octanol–water partition coefficient (Wildman–Crippen LogP) is 5.57. The lowest BCUT2D eigenvalue weighted by Gasteiger charge is -2.20. The smallest absolute Gasteiger partial charge is 0.190 e. The first-order valence-electron chi connectivity index (χ1n) is 9.96. The molecule has 0 fully saturated rings. The molecule has 0 aliphatic heterocycles. The van der Waals surface area contributed by atoms with E-state index < -0.39 is 0 Å². The second-order valence-electron chi connectivity index (χ2n) is 8.13. The van der Waals surface area contributed by atoms with Gasteiger partial charge in [-0.15, -0.1) is 0 Å². The van der Waals surface area contributed by atoms with Crippen LogP contribution in [0.1, 0.15) is 44.7 Å². The summed E-state index contributed by atoms with van der Waals surface area (Å²) in [5, 5.41) is 10.1. The van der Waals surface area contributed by atoms with Crippen molar-refractivity contribution in [1.82, 2.24) is 4.98 Å². The van der Waals surface area contributed by atoms with Crippen LogP contribution in [0, 0.1) is 5.41 Å². The second-order valence-corrected chi connectivity index (χ2v) is 8.13. The van der Waals surface area contributed by atoms with Crippen molar-refractivity contribution in [3.8, 4) is 11.3 Å². The predicted molar refractivity (Wildman–Crippen MR) is 119 cm³/mol. The topological polar surface area (TPSA) is 53.1 Å². The number of allylic oxidation sites excluding steroid dienone is 1. The average molecular weight is 376 g/mol. The lowest BCUT2D eigenvalue weighted by atomic mass is 9.89. The zero-order valence-corrected chi connectivity index (χ0v) is 17.0. The molecule has 28 heavy (non-hydrogen) atoms. The molecule has 146 valence electrons. The minimum atomic E-state index is -0.0632. The zero-order chi connectivity index (χ0) is 20.1. The van der Waals surface area contributed by atoms with Gasteiger partial charge in [0, 0.05) is 23.8 Å². The van der Waals surface area contributed by atoms with Crippen molar-refractivity contribution in [2.24, 2.45) is 5.41 Å². The molecule has 0 radical (unpaired) electrons. The number of hydrogen-bond acceptors (Lipinski definition) is 2. The standard InChI is InChI=1S/C25H29NO2/c1-4-18-15-23-21(14-20(18)12-8-9-13-25(2,3)17-27)24(28)16-22(26-23)19-10-6-5-7-11-19/h5-8,10-12,14-16,27H,4,9,13,17H2,1-3H3,(H,26,28)/b12-8+. The normalized spacial score (nSPS) is 12.1. The Hall–Kier alpha value is -2.65. The molecule has 0 atom stereocenters. The Balaban J connectivity index is 1.95. The lowest BCUT2D eigenvalue weighted by Crippen LogP contribution is -2.15. The van der Waals surface area contributed by atoms with Crippen LogP contribution in [0.15, 0.2) is 59.4 Å². The van der Waals surface area contributed by atoms with Crippen molar-refractivity contribution < 1.29 is 5.11 Å². The molecule has 3 heteroatoms. The minimum Gasteiger partial charge on any atom is -0.396 e. The van der Waals surface area contributed by atoms with Gasteiger partial charge in [0.2, 0.25) is 0 Å². The van der Waals surface area contributed by atoms with Crippen LogP contribution in [0.2, 0.25) is 0 Å². The first kappa shape index (κ1) is 20.1. The minimum absolute atomic E-state index is 0.0336. The SMILES string of the molecule is CCc1cc2[nH]c(-c3ccccc3)cc(=O)c2cc1/C=C/CCC(C)(C)CO. The van der Waals surface area contributed by atoms with Crippen LogP contribution < -0.4 is 5.43 Å². The van der Waals surface area contributed by atoms with Crippen LogP contribution in [-0.4, -0.2) is 16.7 Å². The first-order chi connectivity index (χ1) is 13.4. The Morgan fingerprint density at radius 1 is 1.11 bits per heavy atom.